The molecule has 33 heavy (non-hydrogen) atoms. The standard InChI is InChI=1S/C22H28N4O6S/c1-15-5-3-4-6-17(15)14-32-18-7-9-19(10-8-18)33(30,31)26-12-11-25(20(27)13-23)16(2)21(26)22(28)24-29/h3-10,16,21,29H,11-14,23H2,1-2H3,(H,24,28)/t16-,21?/m0/s1. The summed E-state index contributed by atoms with van der Waals surface area (Å²) in [5.41, 5.74) is 9.05. The Morgan fingerprint density at radius 2 is 1.82 bits per heavy atom. The molecule has 1 fully saturated rings. The van der Waals surface area contributed by atoms with Gasteiger partial charge < -0.3 is 15.4 Å². The van der Waals surface area contributed by atoms with Crippen molar-refractivity contribution < 1.29 is 28.0 Å². The molecule has 4 N–H and O–H groups in total. The van der Waals surface area contributed by atoms with Gasteiger partial charge in [0.05, 0.1) is 17.5 Å². The van der Waals surface area contributed by atoms with Crippen LogP contribution in [-0.2, 0) is 26.2 Å². The molecule has 0 bridgehead atoms. The summed E-state index contributed by atoms with van der Waals surface area (Å²) >= 11 is 0. The summed E-state index contributed by atoms with van der Waals surface area (Å²) in [6.07, 6.45) is 0. The van der Waals surface area contributed by atoms with Crippen LogP contribution < -0.4 is 16.0 Å². The van der Waals surface area contributed by atoms with Crippen LogP contribution in [0.4, 0.5) is 0 Å². The van der Waals surface area contributed by atoms with Crippen molar-refractivity contribution in [2.75, 3.05) is 19.6 Å². The van der Waals surface area contributed by atoms with E-state index in [0.717, 1.165) is 15.4 Å². The number of benzene rings is 2. The Morgan fingerprint density at radius 3 is 2.42 bits per heavy atom. The first-order valence-electron chi connectivity index (χ1n) is 10.4. The van der Waals surface area contributed by atoms with Crippen LogP contribution in [0.5, 0.6) is 5.75 Å². The van der Waals surface area contributed by atoms with Crippen LogP contribution in [0.15, 0.2) is 53.4 Å². The van der Waals surface area contributed by atoms with Crippen molar-refractivity contribution in [3.63, 3.8) is 0 Å². The van der Waals surface area contributed by atoms with E-state index in [4.69, 9.17) is 10.5 Å². The van der Waals surface area contributed by atoms with Crippen molar-refractivity contribution in [2.24, 2.45) is 5.73 Å². The lowest BCUT2D eigenvalue weighted by molar-refractivity contribution is -0.142. The monoisotopic (exact) mass is 476 g/mol. The van der Waals surface area contributed by atoms with Gasteiger partial charge in [-0.2, -0.15) is 4.31 Å². The molecule has 11 heteroatoms. The molecular formula is C22H28N4O6S. The number of piperazine rings is 1. The van der Waals surface area contributed by atoms with Crippen LogP contribution >= 0.6 is 0 Å². The van der Waals surface area contributed by atoms with Crippen molar-refractivity contribution >= 4 is 21.8 Å². The fourth-order valence-corrected chi connectivity index (χ4v) is 5.53. The average molecular weight is 477 g/mol. The second-order valence-electron chi connectivity index (χ2n) is 7.76. The fourth-order valence-electron chi connectivity index (χ4n) is 3.89. The maximum atomic E-state index is 13.3. The summed E-state index contributed by atoms with van der Waals surface area (Å²) in [7, 11) is -4.11. The van der Waals surface area contributed by atoms with E-state index in [2.05, 4.69) is 0 Å². The summed E-state index contributed by atoms with van der Waals surface area (Å²) in [6.45, 7) is 3.54. The molecule has 10 nitrogen and oxygen atoms in total. The number of carbonyl (C=O) groups is 2. The van der Waals surface area contributed by atoms with Gasteiger partial charge in [0.1, 0.15) is 18.4 Å². The SMILES string of the molecule is Cc1ccccc1COc1ccc(S(=O)(=O)N2CCN(C(=O)CN)[C@@H](C)C2C(=O)NO)cc1. The minimum absolute atomic E-state index is 0.0349. The van der Waals surface area contributed by atoms with Gasteiger partial charge in [0.25, 0.3) is 5.91 Å². The maximum Gasteiger partial charge on any atom is 0.263 e. The van der Waals surface area contributed by atoms with Gasteiger partial charge in [0, 0.05) is 13.1 Å². The lowest BCUT2D eigenvalue weighted by Crippen LogP contribution is -2.66. The van der Waals surface area contributed by atoms with Crippen molar-refractivity contribution in [1.82, 2.24) is 14.7 Å². The van der Waals surface area contributed by atoms with Crippen LogP contribution in [0.1, 0.15) is 18.1 Å². The number of amides is 2. The summed E-state index contributed by atoms with van der Waals surface area (Å²) in [5.74, 6) is -0.849. The van der Waals surface area contributed by atoms with Gasteiger partial charge in [-0.3, -0.25) is 14.8 Å². The van der Waals surface area contributed by atoms with E-state index in [1.165, 1.54) is 29.4 Å². The Morgan fingerprint density at radius 1 is 1.15 bits per heavy atom. The Balaban J connectivity index is 1.80. The molecule has 0 radical (unpaired) electrons. The lowest BCUT2D eigenvalue weighted by Gasteiger charge is -2.44. The molecule has 178 valence electrons. The zero-order valence-corrected chi connectivity index (χ0v) is 19.3. The van der Waals surface area contributed by atoms with Gasteiger partial charge >= 0.3 is 0 Å². The number of rotatable bonds is 7. The molecule has 0 spiro atoms. The van der Waals surface area contributed by atoms with Crippen LogP contribution in [-0.4, -0.2) is 66.4 Å². The molecule has 2 atom stereocenters. The summed E-state index contributed by atoms with van der Waals surface area (Å²) in [6, 6.07) is 11.5. The van der Waals surface area contributed by atoms with Crippen molar-refractivity contribution in [1.29, 1.82) is 0 Å². The van der Waals surface area contributed by atoms with Gasteiger partial charge in [0.2, 0.25) is 15.9 Å². The van der Waals surface area contributed by atoms with Crippen LogP contribution in [0.25, 0.3) is 0 Å². The number of hydroxylamine groups is 1. The number of carbonyl (C=O) groups excluding carboxylic acids is 2. The highest BCUT2D eigenvalue weighted by Gasteiger charge is 2.45. The van der Waals surface area contributed by atoms with Crippen LogP contribution in [0.2, 0.25) is 0 Å². The molecule has 0 aliphatic carbocycles. The Bertz CT molecular complexity index is 1110. The minimum Gasteiger partial charge on any atom is -0.489 e. The smallest absolute Gasteiger partial charge is 0.263 e. The van der Waals surface area contributed by atoms with E-state index in [-0.39, 0.29) is 24.5 Å². The van der Waals surface area contributed by atoms with E-state index in [1.807, 2.05) is 31.2 Å². The van der Waals surface area contributed by atoms with Gasteiger partial charge in [-0.25, -0.2) is 13.9 Å². The molecule has 2 aromatic rings. The quantitative estimate of drug-likeness (QED) is 0.393. The largest absolute Gasteiger partial charge is 0.489 e. The summed E-state index contributed by atoms with van der Waals surface area (Å²) < 4.78 is 33.4. The second-order valence-corrected chi connectivity index (χ2v) is 9.65. The molecule has 2 amide bonds. The number of sulfonamides is 1. The normalized spacial score (nSPS) is 19.2. The fraction of sp³-hybridized carbons (Fsp3) is 0.364. The first-order chi connectivity index (χ1) is 15.7. The molecular weight excluding hydrogens is 448 g/mol. The summed E-state index contributed by atoms with van der Waals surface area (Å²) in [4.78, 5) is 25.8. The summed E-state index contributed by atoms with van der Waals surface area (Å²) in [5, 5.41) is 9.18. The number of ether oxygens (including phenoxy) is 1. The first-order valence-corrected chi connectivity index (χ1v) is 11.9. The predicted octanol–water partition coefficient (Wildman–Crippen LogP) is 0.628. The molecule has 1 aliphatic rings. The molecule has 0 saturated carbocycles. The van der Waals surface area contributed by atoms with E-state index in [9.17, 15) is 23.2 Å². The number of aryl methyl sites for hydroxylation is 1. The van der Waals surface area contributed by atoms with Crippen molar-refractivity contribution in [3.8, 4) is 5.75 Å². The van der Waals surface area contributed by atoms with E-state index in [0.29, 0.717) is 12.4 Å². The Kier molecular flexibility index (Phi) is 7.69. The molecule has 0 aromatic heterocycles. The van der Waals surface area contributed by atoms with Gasteiger partial charge in [-0.05, 0) is 49.2 Å². The molecule has 1 aliphatic heterocycles. The number of hydrogen-bond acceptors (Lipinski definition) is 7. The maximum absolute atomic E-state index is 13.3. The highest BCUT2D eigenvalue weighted by Crippen LogP contribution is 2.27. The van der Waals surface area contributed by atoms with E-state index >= 15 is 0 Å². The highest BCUT2D eigenvalue weighted by molar-refractivity contribution is 7.89. The molecule has 2 aromatic carbocycles. The van der Waals surface area contributed by atoms with Crippen LogP contribution in [0.3, 0.4) is 0 Å². The van der Waals surface area contributed by atoms with Gasteiger partial charge in [-0.1, -0.05) is 24.3 Å². The van der Waals surface area contributed by atoms with E-state index < -0.39 is 33.9 Å². The number of nitrogens with zero attached hydrogens (tertiary/aromatic N) is 2. The predicted molar refractivity (Wildman–Crippen MR) is 120 cm³/mol. The highest BCUT2D eigenvalue weighted by atomic mass is 32.2. The number of hydrogen-bond donors (Lipinski definition) is 3. The zero-order chi connectivity index (χ0) is 24.2. The third kappa shape index (κ3) is 5.17. The van der Waals surface area contributed by atoms with E-state index in [1.54, 1.807) is 12.1 Å². The zero-order valence-electron chi connectivity index (χ0n) is 18.5. The average Bonchev–Trinajstić information content (AvgIpc) is 2.82. The van der Waals surface area contributed by atoms with Gasteiger partial charge in [0.15, 0.2) is 0 Å². The number of nitrogens with two attached hydrogens (primary N) is 1. The second kappa shape index (κ2) is 10.3. The lowest BCUT2D eigenvalue weighted by atomic mass is 10.0. The number of nitrogens with one attached hydrogen (secondary N) is 1. The van der Waals surface area contributed by atoms with Crippen molar-refractivity contribution in [2.45, 2.75) is 37.4 Å². The third-order valence-electron chi connectivity index (χ3n) is 5.78. The molecule has 1 saturated heterocycles. The van der Waals surface area contributed by atoms with Crippen LogP contribution in [0, 0.1) is 6.92 Å². The molecule has 1 unspecified atom stereocenters. The van der Waals surface area contributed by atoms with Gasteiger partial charge in [-0.15, -0.1) is 0 Å². The first kappa shape index (κ1) is 24.6. The van der Waals surface area contributed by atoms with Crippen molar-refractivity contribution in [3.05, 3.63) is 59.7 Å². The Labute approximate surface area is 192 Å². The Hall–Kier alpha value is -2.99. The third-order valence-corrected chi connectivity index (χ3v) is 7.67. The topological polar surface area (TPSA) is 142 Å². The minimum atomic E-state index is -4.11. The molecule has 1 heterocycles. The molecule has 3 rings (SSSR count).